The summed E-state index contributed by atoms with van der Waals surface area (Å²) in [6.07, 6.45) is 2.70. The van der Waals surface area contributed by atoms with Gasteiger partial charge < -0.3 is 18.9 Å². The van der Waals surface area contributed by atoms with E-state index in [0.717, 1.165) is 0 Å². The van der Waals surface area contributed by atoms with Crippen LogP contribution in [0.25, 0.3) is 0 Å². The van der Waals surface area contributed by atoms with Crippen LogP contribution >= 0.6 is 0 Å². The maximum absolute atomic E-state index is 12.9. The third-order valence-corrected chi connectivity index (χ3v) is 4.78. The molecular weight excluding hydrogens is 388 g/mol. The molecule has 4 rings (SSSR count). The average molecular weight is 408 g/mol. The lowest BCUT2D eigenvalue weighted by molar-refractivity contribution is -0.129. The zero-order valence-corrected chi connectivity index (χ0v) is 16.3. The summed E-state index contributed by atoms with van der Waals surface area (Å²) >= 11 is 0. The van der Waals surface area contributed by atoms with Gasteiger partial charge in [-0.05, 0) is 48.9 Å². The van der Waals surface area contributed by atoms with E-state index in [4.69, 9.17) is 13.6 Å². The molecule has 154 valence electrons. The van der Waals surface area contributed by atoms with Gasteiger partial charge in [-0.2, -0.15) is 0 Å². The van der Waals surface area contributed by atoms with Crippen molar-refractivity contribution in [1.29, 1.82) is 0 Å². The molecule has 0 radical (unpaired) electrons. The molecule has 0 bridgehead atoms. The van der Waals surface area contributed by atoms with Crippen LogP contribution in [0.3, 0.4) is 0 Å². The van der Waals surface area contributed by atoms with Crippen molar-refractivity contribution in [3.63, 3.8) is 0 Å². The summed E-state index contributed by atoms with van der Waals surface area (Å²) in [4.78, 5) is 39.4. The molecule has 1 atom stereocenters. The minimum Gasteiger partial charge on any atom is -0.478 e. The first-order chi connectivity index (χ1) is 14.6. The number of ether oxygens (including phenoxy) is 1. The van der Waals surface area contributed by atoms with Crippen LogP contribution in [0.4, 0.5) is 5.69 Å². The van der Waals surface area contributed by atoms with E-state index in [-0.39, 0.29) is 36.4 Å². The first-order valence-corrected chi connectivity index (χ1v) is 9.56. The standard InChI is InChI=1S/C22H20N2O6/c1-2-17-22(27)24(13-20(25)23-12-15-5-3-9-28-15)16-11-14(7-8-18(16)30-17)21(26)19-6-4-10-29-19/h3-11,17H,2,12-13H2,1H3,(H,23,25)/t17-/m0/s1. The molecule has 30 heavy (non-hydrogen) atoms. The van der Waals surface area contributed by atoms with Gasteiger partial charge in [0.1, 0.15) is 18.1 Å². The predicted molar refractivity (Wildman–Crippen MR) is 106 cm³/mol. The minimum atomic E-state index is -0.693. The van der Waals surface area contributed by atoms with Crippen molar-refractivity contribution in [2.75, 3.05) is 11.4 Å². The summed E-state index contributed by atoms with van der Waals surface area (Å²) in [6.45, 7) is 1.84. The number of ketones is 1. The van der Waals surface area contributed by atoms with Crippen molar-refractivity contribution in [3.8, 4) is 5.75 Å². The number of hydrogen-bond donors (Lipinski definition) is 1. The second kappa shape index (κ2) is 8.28. The number of nitrogens with zero attached hydrogens (tertiary/aromatic N) is 1. The van der Waals surface area contributed by atoms with Gasteiger partial charge in [-0.1, -0.05) is 6.92 Å². The molecule has 1 aliphatic rings. The number of amides is 2. The van der Waals surface area contributed by atoms with Crippen LogP contribution in [0.15, 0.2) is 63.8 Å². The van der Waals surface area contributed by atoms with E-state index in [0.29, 0.717) is 29.2 Å². The van der Waals surface area contributed by atoms with Gasteiger partial charge in [0.25, 0.3) is 5.91 Å². The minimum absolute atomic E-state index is 0.187. The number of hydrogen-bond acceptors (Lipinski definition) is 6. The fraction of sp³-hybridized carbons (Fsp3) is 0.227. The molecule has 1 N–H and O–H groups in total. The second-order valence-corrected chi connectivity index (χ2v) is 6.78. The smallest absolute Gasteiger partial charge is 0.268 e. The van der Waals surface area contributed by atoms with Gasteiger partial charge in [-0.3, -0.25) is 19.3 Å². The highest BCUT2D eigenvalue weighted by molar-refractivity contribution is 6.10. The third kappa shape index (κ3) is 3.84. The van der Waals surface area contributed by atoms with Crippen LogP contribution in [0.2, 0.25) is 0 Å². The monoisotopic (exact) mass is 408 g/mol. The Bertz CT molecular complexity index is 1060. The number of furan rings is 2. The summed E-state index contributed by atoms with van der Waals surface area (Å²) in [5.74, 6) is 0.222. The Hall–Kier alpha value is -3.81. The third-order valence-electron chi connectivity index (χ3n) is 4.78. The molecule has 0 aliphatic carbocycles. The van der Waals surface area contributed by atoms with Crippen LogP contribution < -0.4 is 15.0 Å². The van der Waals surface area contributed by atoms with Crippen LogP contribution in [0.1, 0.15) is 35.2 Å². The van der Waals surface area contributed by atoms with E-state index in [1.165, 1.54) is 17.4 Å². The number of rotatable bonds is 7. The largest absolute Gasteiger partial charge is 0.478 e. The van der Waals surface area contributed by atoms with E-state index >= 15 is 0 Å². The molecule has 2 aromatic heterocycles. The molecule has 2 amide bonds. The van der Waals surface area contributed by atoms with E-state index < -0.39 is 6.10 Å². The molecule has 3 heterocycles. The number of benzene rings is 1. The first-order valence-electron chi connectivity index (χ1n) is 9.56. The van der Waals surface area contributed by atoms with Gasteiger partial charge >= 0.3 is 0 Å². The van der Waals surface area contributed by atoms with E-state index in [1.807, 2.05) is 6.92 Å². The molecule has 3 aromatic rings. The Morgan fingerprint density at radius 1 is 1.10 bits per heavy atom. The Morgan fingerprint density at radius 2 is 1.90 bits per heavy atom. The number of nitrogens with one attached hydrogen (secondary N) is 1. The maximum Gasteiger partial charge on any atom is 0.268 e. The summed E-state index contributed by atoms with van der Waals surface area (Å²) in [5.41, 5.74) is 0.700. The van der Waals surface area contributed by atoms with Gasteiger partial charge in [-0.25, -0.2) is 0 Å². The van der Waals surface area contributed by atoms with Gasteiger partial charge in [-0.15, -0.1) is 0 Å². The Balaban J connectivity index is 1.59. The fourth-order valence-corrected chi connectivity index (χ4v) is 3.23. The van der Waals surface area contributed by atoms with E-state index in [2.05, 4.69) is 5.32 Å². The number of fused-ring (bicyclic) bond motifs is 1. The molecule has 0 saturated heterocycles. The zero-order chi connectivity index (χ0) is 21.1. The lowest BCUT2D eigenvalue weighted by Crippen LogP contribution is -2.49. The highest BCUT2D eigenvalue weighted by Crippen LogP contribution is 2.36. The lowest BCUT2D eigenvalue weighted by Gasteiger charge is -2.33. The van der Waals surface area contributed by atoms with E-state index in [1.54, 1.807) is 42.5 Å². The van der Waals surface area contributed by atoms with Crippen molar-refractivity contribution in [2.45, 2.75) is 26.0 Å². The second-order valence-electron chi connectivity index (χ2n) is 6.78. The molecule has 0 saturated carbocycles. The summed E-state index contributed by atoms with van der Waals surface area (Å²) in [6, 6.07) is 11.5. The topological polar surface area (TPSA) is 102 Å². The molecular formula is C22H20N2O6. The Labute approximate surface area is 172 Å². The van der Waals surface area contributed by atoms with Crippen molar-refractivity contribution in [2.24, 2.45) is 0 Å². The highest BCUT2D eigenvalue weighted by Gasteiger charge is 2.35. The van der Waals surface area contributed by atoms with Gasteiger partial charge in [0.15, 0.2) is 11.9 Å². The summed E-state index contributed by atoms with van der Waals surface area (Å²) < 4.78 is 16.2. The molecule has 1 aromatic carbocycles. The van der Waals surface area contributed by atoms with Crippen molar-refractivity contribution >= 4 is 23.3 Å². The predicted octanol–water partition coefficient (Wildman–Crippen LogP) is 2.92. The average Bonchev–Trinajstić information content (AvgIpc) is 3.47. The Morgan fingerprint density at radius 3 is 2.60 bits per heavy atom. The molecule has 0 fully saturated rings. The van der Waals surface area contributed by atoms with Crippen molar-refractivity contribution in [3.05, 3.63) is 72.1 Å². The molecule has 0 spiro atoms. The molecule has 1 aliphatic heterocycles. The molecule has 8 nitrogen and oxygen atoms in total. The normalized spacial score (nSPS) is 15.4. The van der Waals surface area contributed by atoms with Crippen LogP contribution in [0.5, 0.6) is 5.75 Å². The number of carbonyl (C=O) groups is 3. The van der Waals surface area contributed by atoms with Gasteiger partial charge in [0.05, 0.1) is 24.8 Å². The molecule has 8 heteroatoms. The first kappa shape index (κ1) is 19.5. The van der Waals surface area contributed by atoms with Crippen LogP contribution in [-0.2, 0) is 16.1 Å². The zero-order valence-electron chi connectivity index (χ0n) is 16.3. The summed E-state index contributed by atoms with van der Waals surface area (Å²) in [7, 11) is 0. The lowest BCUT2D eigenvalue weighted by atomic mass is 10.0. The maximum atomic E-state index is 12.9. The summed E-state index contributed by atoms with van der Waals surface area (Å²) in [5, 5.41) is 2.73. The number of carbonyl (C=O) groups excluding carboxylic acids is 3. The van der Waals surface area contributed by atoms with Crippen molar-refractivity contribution in [1.82, 2.24) is 5.32 Å². The van der Waals surface area contributed by atoms with Crippen LogP contribution in [-0.4, -0.2) is 30.2 Å². The highest BCUT2D eigenvalue weighted by atomic mass is 16.5. The quantitative estimate of drug-likeness (QED) is 0.603. The SMILES string of the molecule is CC[C@@H]1Oc2ccc(C(=O)c3ccco3)cc2N(CC(=O)NCc2ccco2)C1=O. The van der Waals surface area contributed by atoms with Gasteiger partial charge in [0.2, 0.25) is 11.7 Å². The number of anilines is 1. The molecule has 0 unspecified atom stereocenters. The van der Waals surface area contributed by atoms with E-state index in [9.17, 15) is 14.4 Å². The fourth-order valence-electron chi connectivity index (χ4n) is 3.23. The van der Waals surface area contributed by atoms with Crippen LogP contribution in [0, 0.1) is 0 Å². The van der Waals surface area contributed by atoms with Crippen molar-refractivity contribution < 1.29 is 28.0 Å². The van der Waals surface area contributed by atoms with Gasteiger partial charge in [0, 0.05) is 5.56 Å². The Kier molecular flexibility index (Phi) is 5.38.